The molecule has 2 unspecified atom stereocenters. The van der Waals surface area contributed by atoms with Gasteiger partial charge in [0.05, 0.1) is 6.10 Å². The smallest absolute Gasteiger partial charge is 0.829 e. The molecule has 0 aliphatic rings. The van der Waals surface area contributed by atoms with Crippen LogP contribution in [0.25, 0.3) is 0 Å². The van der Waals surface area contributed by atoms with Crippen molar-refractivity contribution in [2.45, 2.75) is 32.2 Å². The van der Waals surface area contributed by atoms with Crippen molar-refractivity contribution in [1.82, 2.24) is 0 Å². The summed E-state index contributed by atoms with van der Waals surface area (Å²) in [7, 11) is 0. The molecule has 0 aliphatic heterocycles. The van der Waals surface area contributed by atoms with Gasteiger partial charge in [0.25, 0.3) is 0 Å². The van der Waals surface area contributed by atoms with Crippen molar-refractivity contribution in [2.24, 2.45) is 0 Å². The molecule has 2 atom stereocenters. The normalized spacial score (nSPS) is 16.0. The van der Waals surface area contributed by atoms with Crippen LogP contribution in [0.4, 0.5) is 0 Å². The van der Waals surface area contributed by atoms with Gasteiger partial charge < -0.3 is 15.3 Å². The molecule has 9 heavy (non-hydrogen) atoms. The summed E-state index contributed by atoms with van der Waals surface area (Å²) in [5.41, 5.74) is 0. The van der Waals surface area contributed by atoms with Gasteiger partial charge in [-0.1, -0.05) is 13.3 Å². The summed E-state index contributed by atoms with van der Waals surface area (Å²) in [5, 5.41) is 26.6. The van der Waals surface area contributed by atoms with E-state index in [1.165, 1.54) is 0 Å². The van der Waals surface area contributed by atoms with E-state index >= 15 is 0 Å². The molecule has 0 rings (SSSR count). The Labute approximate surface area is 97.5 Å². The van der Waals surface area contributed by atoms with E-state index < -0.39 is 12.4 Å². The maximum Gasteiger partial charge on any atom is 1.00 e. The first kappa shape index (κ1) is 13.1. The Hall–Kier alpha value is 1.52. The standard InChI is InChI=1S/C5H11O3.K/c1-2-3-4(6)5(7)8;/h4-7H,2-3H2,1H3;/q-1;+1. The van der Waals surface area contributed by atoms with Crippen LogP contribution in [0.3, 0.4) is 0 Å². The van der Waals surface area contributed by atoms with E-state index in [1.807, 2.05) is 6.92 Å². The zero-order valence-corrected chi connectivity index (χ0v) is 8.99. The SMILES string of the molecule is CCCC(O)C([O-])O.[K+]. The van der Waals surface area contributed by atoms with Gasteiger partial charge in [0.15, 0.2) is 0 Å². The number of rotatable bonds is 3. The Morgan fingerprint density at radius 2 is 1.89 bits per heavy atom. The van der Waals surface area contributed by atoms with E-state index in [4.69, 9.17) is 10.2 Å². The van der Waals surface area contributed by atoms with Crippen LogP contribution in [0.2, 0.25) is 0 Å². The fraction of sp³-hybridized carbons (Fsp3) is 1.00. The van der Waals surface area contributed by atoms with E-state index in [2.05, 4.69) is 0 Å². The molecule has 4 heteroatoms. The molecule has 0 amide bonds. The minimum absolute atomic E-state index is 0. The van der Waals surface area contributed by atoms with Crippen LogP contribution >= 0.6 is 0 Å². The maximum atomic E-state index is 9.92. The van der Waals surface area contributed by atoms with Crippen LogP contribution in [0.1, 0.15) is 19.8 Å². The van der Waals surface area contributed by atoms with Crippen LogP contribution in [0, 0.1) is 0 Å². The average molecular weight is 158 g/mol. The van der Waals surface area contributed by atoms with Gasteiger partial charge in [0.1, 0.15) is 0 Å². The molecule has 0 saturated heterocycles. The van der Waals surface area contributed by atoms with Gasteiger partial charge in [-0.05, 0) is 6.42 Å². The van der Waals surface area contributed by atoms with Crippen LogP contribution < -0.4 is 56.5 Å². The molecule has 0 spiro atoms. The van der Waals surface area contributed by atoms with E-state index in [9.17, 15) is 5.11 Å². The number of hydrogen-bond acceptors (Lipinski definition) is 3. The molecule has 50 valence electrons. The summed E-state index contributed by atoms with van der Waals surface area (Å²) in [4.78, 5) is 0. The van der Waals surface area contributed by atoms with Gasteiger partial charge in [-0.15, -0.1) is 0 Å². The van der Waals surface area contributed by atoms with Crippen molar-refractivity contribution in [3.8, 4) is 0 Å². The molecule has 0 aromatic rings. The summed E-state index contributed by atoms with van der Waals surface area (Å²) >= 11 is 0. The molecule has 0 saturated carbocycles. The van der Waals surface area contributed by atoms with E-state index in [0.717, 1.165) is 6.42 Å². The van der Waals surface area contributed by atoms with Gasteiger partial charge >= 0.3 is 51.4 Å². The van der Waals surface area contributed by atoms with Crippen molar-refractivity contribution >= 4 is 0 Å². The topological polar surface area (TPSA) is 63.5 Å². The number of aliphatic hydroxyl groups excluding tert-OH is 2. The molecule has 0 aromatic heterocycles. The fourth-order valence-electron chi connectivity index (χ4n) is 0.438. The molecule has 0 aromatic carbocycles. The van der Waals surface area contributed by atoms with Gasteiger partial charge in [-0.2, -0.15) is 0 Å². The summed E-state index contributed by atoms with van der Waals surface area (Å²) in [6.45, 7) is 1.84. The molecule has 3 nitrogen and oxygen atoms in total. The monoisotopic (exact) mass is 158 g/mol. The van der Waals surface area contributed by atoms with E-state index in [-0.39, 0.29) is 51.4 Å². The first-order valence-corrected chi connectivity index (χ1v) is 2.70. The van der Waals surface area contributed by atoms with Gasteiger partial charge in [0.2, 0.25) is 0 Å². The zero-order valence-electron chi connectivity index (χ0n) is 5.87. The van der Waals surface area contributed by atoms with Crippen LogP contribution in [-0.2, 0) is 0 Å². The molecular weight excluding hydrogens is 147 g/mol. The number of aliphatic hydroxyl groups is 2. The predicted octanol–water partition coefficient (Wildman–Crippen LogP) is -4.17. The number of hydrogen-bond donors (Lipinski definition) is 2. The molecular formula is C5H11KO3. The zero-order chi connectivity index (χ0) is 6.57. The van der Waals surface area contributed by atoms with Crippen LogP contribution in [0.15, 0.2) is 0 Å². The molecule has 0 radical (unpaired) electrons. The van der Waals surface area contributed by atoms with E-state index in [1.54, 1.807) is 0 Å². The Bertz CT molecular complexity index is 58.2. The minimum Gasteiger partial charge on any atom is -0.829 e. The van der Waals surface area contributed by atoms with E-state index in [0.29, 0.717) is 6.42 Å². The van der Waals surface area contributed by atoms with Crippen molar-refractivity contribution < 1.29 is 66.7 Å². The third-order valence-corrected chi connectivity index (χ3v) is 0.914. The molecule has 2 N–H and O–H groups in total. The van der Waals surface area contributed by atoms with Crippen molar-refractivity contribution in [2.75, 3.05) is 0 Å². The molecule has 0 aliphatic carbocycles. The first-order chi connectivity index (χ1) is 3.68. The van der Waals surface area contributed by atoms with Crippen LogP contribution in [-0.4, -0.2) is 22.6 Å². The maximum absolute atomic E-state index is 9.92. The van der Waals surface area contributed by atoms with Gasteiger partial charge in [-0.25, -0.2) is 0 Å². The second kappa shape index (κ2) is 7.62. The van der Waals surface area contributed by atoms with Crippen molar-refractivity contribution in [1.29, 1.82) is 0 Å². The Balaban J connectivity index is 0. The second-order valence-corrected chi connectivity index (χ2v) is 1.75. The fourth-order valence-corrected chi connectivity index (χ4v) is 0.438. The van der Waals surface area contributed by atoms with Gasteiger partial charge in [-0.3, -0.25) is 0 Å². The molecule has 0 bridgehead atoms. The average Bonchev–Trinajstić information content (AvgIpc) is 1.67. The Morgan fingerprint density at radius 1 is 1.44 bits per heavy atom. The molecule has 0 heterocycles. The third kappa shape index (κ3) is 7.41. The summed E-state index contributed by atoms with van der Waals surface area (Å²) in [5.74, 6) is 0. The summed E-state index contributed by atoms with van der Waals surface area (Å²) in [6.07, 6.45) is -1.81. The second-order valence-electron chi connectivity index (χ2n) is 1.75. The Kier molecular flexibility index (Phi) is 11.1. The first-order valence-electron chi connectivity index (χ1n) is 2.70. The quantitative estimate of drug-likeness (QED) is 0.323. The largest absolute Gasteiger partial charge is 1.00 e. The van der Waals surface area contributed by atoms with Gasteiger partial charge in [0, 0.05) is 6.29 Å². The van der Waals surface area contributed by atoms with Crippen molar-refractivity contribution in [3.05, 3.63) is 0 Å². The minimum atomic E-state index is -1.82. The Morgan fingerprint density at radius 3 is 2.00 bits per heavy atom. The van der Waals surface area contributed by atoms with Crippen LogP contribution in [0.5, 0.6) is 0 Å². The summed E-state index contributed by atoms with van der Waals surface area (Å²) in [6, 6.07) is 0. The third-order valence-electron chi connectivity index (χ3n) is 0.914. The molecule has 0 fully saturated rings. The predicted molar refractivity (Wildman–Crippen MR) is 26.9 cm³/mol. The van der Waals surface area contributed by atoms with Crippen molar-refractivity contribution in [3.63, 3.8) is 0 Å². The summed E-state index contributed by atoms with van der Waals surface area (Å²) < 4.78 is 0.